The summed E-state index contributed by atoms with van der Waals surface area (Å²) < 4.78 is 21.6. The van der Waals surface area contributed by atoms with E-state index in [2.05, 4.69) is 5.32 Å². The fraction of sp³-hybridized carbons (Fsp3) is 0.208. The minimum Gasteiger partial charge on any atom is -0.496 e. The molecule has 0 bridgehead atoms. The lowest BCUT2D eigenvalue weighted by Gasteiger charge is -2.15. The Morgan fingerprint density at radius 2 is 1.48 bits per heavy atom. The monoisotopic (exact) mass is 441 g/mol. The number of halogens is 1. The summed E-state index contributed by atoms with van der Waals surface area (Å²) in [5, 5.41) is 3.25. The highest BCUT2D eigenvalue weighted by molar-refractivity contribution is 6.32. The van der Waals surface area contributed by atoms with E-state index >= 15 is 0 Å². The largest absolute Gasteiger partial charge is 0.496 e. The number of hydrogen-bond acceptors (Lipinski definition) is 5. The van der Waals surface area contributed by atoms with Crippen molar-refractivity contribution in [1.29, 1.82) is 0 Å². The zero-order chi connectivity index (χ0) is 22.2. The van der Waals surface area contributed by atoms with Gasteiger partial charge in [-0.3, -0.25) is 4.79 Å². The van der Waals surface area contributed by atoms with E-state index in [1.807, 2.05) is 42.5 Å². The maximum absolute atomic E-state index is 12.3. The SMILES string of the molecule is COc1cc(OC)c(OC)cc1CNC(=O)COc1ccc(-c2ccccc2)cc1Cl. The van der Waals surface area contributed by atoms with Gasteiger partial charge in [0.25, 0.3) is 5.91 Å². The van der Waals surface area contributed by atoms with E-state index in [1.165, 1.54) is 0 Å². The molecular weight excluding hydrogens is 418 g/mol. The molecule has 7 heteroatoms. The molecule has 0 atom stereocenters. The van der Waals surface area contributed by atoms with Gasteiger partial charge in [0.05, 0.1) is 26.4 Å². The van der Waals surface area contributed by atoms with Crippen LogP contribution in [0.5, 0.6) is 23.0 Å². The van der Waals surface area contributed by atoms with Gasteiger partial charge in [-0.15, -0.1) is 0 Å². The van der Waals surface area contributed by atoms with E-state index in [1.54, 1.807) is 39.5 Å². The Hall–Kier alpha value is -3.38. The lowest BCUT2D eigenvalue weighted by atomic mass is 10.1. The average molecular weight is 442 g/mol. The number of methoxy groups -OCH3 is 3. The van der Waals surface area contributed by atoms with Gasteiger partial charge in [-0.25, -0.2) is 0 Å². The number of amides is 1. The van der Waals surface area contributed by atoms with Gasteiger partial charge in [0.1, 0.15) is 11.5 Å². The molecule has 1 N–H and O–H groups in total. The molecule has 3 aromatic rings. The van der Waals surface area contributed by atoms with Crippen LogP contribution in [0, 0.1) is 0 Å². The van der Waals surface area contributed by atoms with Crippen LogP contribution in [0.15, 0.2) is 60.7 Å². The van der Waals surface area contributed by atoms with Crippen LogP contribution in [0.4, 0.5) is 0 Å². The normalized spacial score (nSPS) is 10.3. The van der Waals surface area contributed by atoms with Crippen LogP contribution >= 0.6 is 11.6 Å². The Bertz CT molecular complexity index is 1040. The molecule has 0 aromatic heterocycles. The molecule has 1 amide bonds. The van der Waals surface area contributed by atoms with Crippen LogP contribution in [0.3, 0.4) is 0 Å². The third-order valence-electron chi connectivity index (χ3n) is 4.66. The molecule has 3 rings (SSSR count). The zero-order valence-corrected chi connectivity index (χ0v) is 18.4. The number of hydrogen-bond donors (Lipinski definition) is 1. The van der Waals surface area contributed by atoms with Gasteiger partial charge in [0.2, 0.25) is 0 Å². The predicted octanol–water partition coefficient (Wildman–Crippen LogP) is 4.73. The Labute approximate surface area is 186 Å². The summed E-state index contributed by atoms with van der Waals surface area (Å²) >= 11 is 6.34. The fourth-order valence-electron chi connectivity index (χ4n) is 3.05. The second-order valence-electron chi connectivity index (χ2n) is 6.60. The number of rotatable bonds is 9. The van der Waals surface area contributed by atoms with Crippen molar-refractivity contribution >= 4 is 17.5 Å². The molecule has 31 heavy (non-hydrogen) atoms. The average Bonchev–Trinajstić information content (AvgIpc) is 2.81. The lowest BCUT2D eigenvalue weighted by molar-refractivity contribution is -0.123. The minimum atomic E-state index is -0.292. The van der Waals surface area contributed by atoms with Crippen molar-refractivity contribution in [3.8, 4) is 34.1 Å². The third kappa shape index (κ3) is 5.61. The van der Waals surface area contributed by atoms with Gasteiger partial charge in [0.15, 0.2) is 18.1 Å². The van der Waals surface area contributed by atoms with Gasteiger partial charge in [-0.2, -0.15) is 0 Å². The minimum absolute atomic E-state index is 0.167. The highest BCUT2D eigenvalue weighted by atomic mass is 35.5. The van der Waals surface area contributed by atoms with Crippen LogP contribution in [-0.4, -0.2) is 33.8 Å². The Morgan fingerprint density at radius 1 is 0.806 bits per heavy atom. The fourth-order valence-corrected chi connectivity index (χ4v) is 3.28. The number of nitrogens with one attached hydrogen (secondary N) is 1. The van der Waals surface area contributed by atoms with Crippen molar-refractivity contribution in [3.05, 3.63) is 71.2 Å². The molecule has 6 nitrogen and oxygen atoms in total. The summed E-state index contributed by atoms with van der Waals surface area (Å²) in [6.07, 6.45) is 0. The predicted molar refractivity (Wildman–Crippen MR) is 120 cm³/mol. The van der Waals surface area contributed by atoms with Gasteiger partial charge >= 0.3 is 0 Å². The highest BCUT2D eigenvalue weighted by Gasteiger charge is 2.13. The van der Waals surface area contributed by atoms with Crippen molar-refractivity contribution in [2.24, 2.45) is 0 Å². The van der Waals surface area contributed by atoms with Crippen LogP contribution in [0.2, 0.25) is 5.02 Å². The summed E-state index contributed by atoms with van der Waals surface area (Å²) in [7, 11) is 4.65. The Morgan fingerprint density at radius 3 is 2.13 bits per heavy atom. The first-order chi connectivity index (χ1) is 15.0. The number of carbonyl (C=O) groups is 1. The number of ether oxygens (including phenoxy) is 4. The van der Waals surface area contributed by atoms with Gasteiger partial charge in [0, 0.05) is 18.2 Å². The molecule has 0 radical (unpaired) electrons. The van der Waals surface area contributed by atoms with E-state index in [9.17, 15) is 4.79 Å². The number of benzene rings is 3. The standard InChI is InChI=1S/C24H24ClNO5/c1-28-21-13-23(30-3)22(29-2)12-18(21)14-26-24(27)15-31-20-10-9-17(11-19(20)25)16-7-5-4-6-8-16/h4-13H,14-15H2,1-3H3,(H,26,27). The van der Waals surface area contributed by atoms with Crippen molar-refractivity contribution in [2.75, 3.05) is 27.9 Å². The molecule has 3 aromatic carbocycles. The van der Waals surface area contributed by atoms with E-state index in [-0.39, 0.29) is 19.1 Å². The molecule has 162 valence electrons. The number of carbonyl (C=O) groups excluding carboxylic acids is 1. The van der Waals surface area contributed by atoms with Gasteiger partial charge < -0.3 is 24.3 Å². The van der Waals surface area contributed by atoms with Crippen molar-refractivity contribution in [2.45, 2.75) is 6.54 Å². The Balaban J connectivity index is 1.60. The molecule has 0 saturated heterocycles. The van der Waals surface area contributed by atoms with Crippen LogP contribution < -0.4 is 24.3 Å². The second-order valence-corrected chi connectivity index (χ2v) is 7.00. The summed E-state index contributed by atoms with van der Waals surface area (Å²) in [5.74, 6) is 1.83. The molecule has 0 unspecified atom stereocenters. The first-order valence-electron chi connectivity index (χ1n) is 9.59. The highest BCUT2D eigenvalue weighted by Crippen LogP contribution is 2.34. The molecule has 0 fully saturated rings. The Kier molecular flexibility index (Phi) is 7.62. The van der Waals surface area contributed by atoms with Crippen LogP contribution in [0.1, 0.15) is 5.56 Å². The van der Waals surface area contributed by atoms with Gasteiger partial charge in [-0.1, -0.05) is 48.0 Å². The van der Waals surface area contributed by atoms with E-state index < -0.39 is 0 Å². The summed E-state index contributed by atoms with van der Waals surface area (Å²) in [4.78, 5) is 12.3. The topological polar surface area (TPSA) is 66.0 Å². The third-order valence-corrected chi connectivity index (χ3v) is 4.96. The molecule has 0 spiro atoms. The molecule has 0 aliphatic rings. The van der Waals surface area contributed by atoms with Crippen molar-refractivity contribution in [1.82, 2.24) is 5.32 Å². The maximum atomic E-state index is 12.3. The lowest BCUT2D eigenvalue weighted by Crippen LogP contribution is -2.28. The quantitative estimate of drug-likeness (QED) is 0.520. The van der Waals surface area contributed by atoms with Crippen LogP contribution in [-0.2, 0) is 11.3 Å². The van der Waals surface area contributed by atoms with Crippen LogP contribution in [0.25, 0.3) is 11.1 Å². The summed E-state index contributed by atoms with van der Waals surface area (Å²) in [6, 6.07) is 18.8. The second kappa shape index (κ2) is 10.6. The van der Waals surface area contributed by atoms with Crippen molar-refractivity contribution in [3.63, 3.8) is 0 Å². The molecule has 0 aliphatic carbocycles. The van der Waals surface area contributed by atoms with Gasteiger partial charge in [-0.05, 0) is 29.3 Å². The van der Waals surface area contributed by atoms with Crippen molar-refractivity contribution < 1.29 is 23.7 Å². The van der Waals surface area contributed by atoms with E-state index in [0.29, 0.717) is 28.0 Å². The van der Waals surface area contributed by atoms with E-state index in [4.69, 9.17) is 30.5 Å². The zero-order valence-electron chi connectivity index (χ0n) is 17.6. The smallest absolute Gasteiger partial charge is 0.258 e. The molecule has 0 saturated carbocycles. The summed E-state index contributed by atoms with van der Waals surface area (Å²) in [6.45, 7) is 0.0758. The first kappa shape index (κ1) is 22.3. The maximum Gasteiger partial charge on any atom is 0.258 e. The first-order valence-corrected chi connectivity index (χ1v) is 9.97. The molecule has 0 heterocycles. The van der Waals surface area contributed by atoms with E-state index in [0.717, 1.165) is 16.7 Å². The molecular formula is C24H24ClNO5. The molecule has 0 aliphatic heterocycles. The summed E-state index contributed by atoms with van der Waals surface area (Å²) in [5.41, 5.74) is 2.78.